The number of aromatic nitrogens is 1. The van der Waals surface area contributed by atoms with Gasteiger partial charge in [0.1, 0.15) is 5.69 Å². The number of hydrogen-bond acceptors (Lipinski definition) is 3. The summed E-state index contributed by atoms with van der Waals surface area (Å²) in [4.78, 5) is 15.9. The molecule has 0 spiro atoms. The van der Waals surface area contributed by atoms with Crippen molar-refractivity contribution in [1.82, 2.24) is 4.98 Å². The number of amides is 1. The number of benzene rings is 2. The van der Waals surface area contributed by atoms with Gasteiger partial charge in [-0.15, -0.1) is 0 Å². The molecule has 20 heavy (non-hydrogen) atoms. The van der Waals surface area contributed by atoms with Gasteiger partial charge in [-0.1, -0.05) is 48.5 Å². The monoisotopic (exact) mass is 264 g/mol. The van der Waals surface area contributed by atoms with Crippen molar-refractivity contribution < 1.29 is 9.21 Å². The molecular weight excluding hydrogens is 252 g/mol. The van der Waals surface area contributed by atoms with Gasteiger partial charge in [0, 0.05) is 11.1 Å². The van der Waals surface area contributed by atoms with Crippen LogP contribution in [-0.4, -0.2) is 10.9 Å². The topological polar surface area (TPSA) is 69.1 Å². The quantitative estimate of drug-likeness (QED) is 0.790. The zero-order chi connectivity index (χ0) is 13.9. The summed E-state index contributed by atoms with van der Waals surface area (Å²) in [5.41, 5.74) is 7.44. The maximum Gasteiger partial charge on any atom is 0.286 e. The molecule has 0 saturated carbocycles. The van der Waals surface area contributed by atoms with Gasteiger partial charge in [-0.3, -0.25) is 4.79 Å². The molecule has 98 valence electrons. The van der Waals surface area contributed by atoms with E-state index in [9.17, 15) is 4.79 Å². The number of primary amides is 1. The molecule has 4 heteroatoms. The Morgan fingerprint density at radius 2 is 1.45 bits per heavy atom. The zero-order valence-corrected chi connectivity index (χ0v) is 10.6. The first kappa shape index (κ1) is 12.2. The lowest BCUT2D eigenvalue weighted by atomic mass is 10.1. The smallest absolute Gasteiger partial charge is 0.286 e. The maximum absolute atomic E-state index is 11.5. The van der Waals surface area contributed by atoms with E-state index < -0.39 is 5.91 Å². The third kappa shape index (κ3) is 2.19. The molecular formula is C16H12N2O2. The Labute approximate surface area is 115 Å². The first-order chi connectivity index (χ1) is 9.75. The van der Waals surface area contributed by atoms with E-state index in [4.69, 9.17) is 10.2 Å². The van der Waals surface area contributed by atoms with Crippen molar-refractivity contribution >= 4 is 5.91 Å². The molecule has 0 radical (unpaired) electrons. The average molecular weight is 264 g/mol. The summed E-state index contributed by atoms with van der Waals surface area (Å²) >= 11 is 0. The third-order valence-corrected chi connectivity index (χ3v) is 2.92. The number of carbonyl (C=O) groups is 1. The first-order valence-electron chi connectivity index (χ1n) is 6.17. The molecule has 0 bridgehead atoms. The van der Waals surface area contributed by atoms with Crippen molar-refractivity contribution in [2.75, 3.05) is 0 Å². The van der Waals surface area contributed by atoms with E-state index in [1.54, 1.807) is 0 Å². The van der Waals surface area contributed by atoms with Gasteiger partial charge < -0.3 is 10.2 Å². The Bertz CT molecular complexity index is 734. The molecule has 2 N–H and O–H groups in total. The standard InChI is InChI=1S/C16H12N2O2/c17-15(19)14-13(11-7-3-1-4-8-11)18-16(20-14)12-9-5-2-6-10-12/h1-10H,(H2,17,19). The first-order valence-corrected chi connectivity index (χ1v) is 6.17. The Morgan fingerprint density at radius 1 is 0.900 bits per heavy atom. The van der Waals surface area contributed by atoms with Gasteiger partial charge in [0.05, 0.1) is 0 Å². The molecule has 2 aromatic carbocycles. The minimum atomic E-state index is -0.626. The van der Waals surface area contributed by atoms with Crippen LogP contribution < -0.4 is 5.73 Å². The van der Waals surface area contributed by atoms with Crippen LogP contribution >= 0.6 is 0 Å². The molecule has 1 aromatic heterocycles. The van der Waals surface area contributed by atoms with Crippen LogP contribution in [-0.2, 0) is 0 Å². The number of nitrogens with zero attached hydrogens (tertiary/aromatic N) is 1. The van der Waals surface area contributed by atoms with E-state index in [0.717, 1.165) is 11.1 Å². The molecule has 0 unspecified atom stereocenters. The molecule has 0 saturated heterocycles. The Hall–Kier alpha value is -2.88. The number of hydrogen-bond donors (Lipinski definition) is 1. The molecule has 0 atom stereocenters. The van der Waals surface area contributed by atoms with Gasteiger partial charge >= 0.3 is 0 Å². The van der Waals surface area contributed by atoms with Crippen molar-refractivity contribution in [2.45, 2.75) is 0 Å². The summed E-state index contributed by atoms with van der Waals surface area (Å²) in [5.74, 6) is -0.160. The lowest BCUT2D eigenvalue weighted by Gasteiger charge is -1.96. The van der Waals surface area contributed by atoms with Crippen molar-refractivity contribution in [2.24, 2.45) is 5.73 Å². The summed E-state index contributed by atoms with van der Waals surface area (Å²) in [6, 6.07) is 18.8. The van der Waals surface area contributed by atoms with Crippen LogP contribution in [0, 0.1) is 0 Å². The van der Waals surface area contributed by atoms with Gasteiger partial charge in [0.15, 0.2) is 0 Å². The van der Waals surface area contributed by atoms with E-state index >= 15 is 0 Å². The minimum absolute atomic E-state index is 0.0788. The van der Waals surface area contributed by atoms with Crippen LogP contribution in [0.1, 0.15) is 10.6 Å². The minimum Gasteiger partial charge on any atom is -0.430 e. The van der Waals surface area contributed by atoms with Gasteiger partial charge in [-0.05, 0) is 12.1 Å². The normalized spacial score (nSPS) is 10.4. The predicted molar refractivity (Wildman–Crippen MR) is 75.9 cm³/mol. The number of carbonyl (C=O) groups excluding carboxylic acids is 1. The Kier molecular flexibility index (Phi) is 3.05. The molecule has 4 nitrogen and oxygen atoms in total. The molecule has 0 aliphatic carbocycles. The highest BCUT2D eigenvalue weighted by molar-refractivity contribution is 5.96. The van der Waals surface area contributed by atoms with Gasteiger partial charge in [-0.25, -0.2) is 4.98 Å². The van der Waals surface area contributed by atoms with Crippen LogP contribution in [0.25, 0.3) is 22.7 Å². The average Bonchev–Trinajstić information content (AvgIpc) is 2.94. The second-order valence-electron chi connectivity index (χ2n) is 4.29. The van der Waals surface area contributed by atoms with Crippen LogP contribution in [0.5, 0.6) is 0 Å². The second kappa shape index (κ2) is 5.01. The van der Waals surface area contributed by atoms with E-state index in [1.807, 2.05) is 60.7 Å². The largest absolute Gasteiger partial charge is 0.430 e. The summed E-state index contributed by atoms with van der Waals surface area (Å²) in [6.07, 6.45) is 0. The van der Waals surface area contributed by atoms with Crippen molar-refractivity contribution in [3.8, 4) is 22.7 Å². The highest BCUT2D eigenvalue weighted by Gasteiger charge is 2.19. The number of oxazole rings is 1. The molecule has 3 aromatic rings. The summed E-state index contributed by atoms with van der Waals surface area (Å²) in [6.45, 7) is 0. The number of rotatable bonds is 3. The fourth-order valence-electron chi connectivity index (χ4n) is 1.98. The van der Waals surface area contributed by atoms with E-state index in [1.165, 1.54) is 0 Å². The fourth-order valence-corrected chi connectivity index (χ4v) is 1.98. The molecule has 1 heterocycles. The van der Waals surface area contributed by atoms with Crippen LogP contribution in [0.15, 0.2) is 65.1 Å². The Balaban J connectivity index is 2.15. The highest BCUT2D eigenvalue weighted by atomic mass is 16.4. The summed E-state index contributed by atoms with van der Waals surface area (Å²) in [5, 5.41) is 0. The Morgan fingerprint density at radius 3 is 2.00 bits per heavy atom. The maximum atomic E-state index is 11.5. The van der Waals surface area contributed by atoms with E-state index in [0.29, 0.717) is 11.6 Å². The van der Waals surface area contributed by atoms with Crippen LogP contribution in [0.4, 0.5) is 0 Å². The second-order valence-corrected chi connectivity index (χ2v) is 4.29. The third-order valence-electron chi connectivity index (χ3n) is 2.92. The zero-order valence-electron chi connectivity index (χ0n) is 10.6. The predicted octanol–water partition coefficient (Wildman–Crippen LogP) is 3.11. The highest BCUT2D eigenvalue weighted by Crippen LogP contribution is 2.28. The van der Waals surface area contributed by atoms with Crippen LogP contribution in [0.3, 0.4) is 0 Å². The number of nitrogens with two attached hydrogens (primary N) is 1. The lowest BCUT2D eigenvalue weighted by molar-refractivity contribution is 0.0975. The van der Waals surface area contributed by atoms with Crippen molar-refractivity contribution in [3.63, 3.8) is 0 Å². The lowest BCUT2D eigenvalue weighted by Crippen LogP contribution is -2.10. The van der Waals surface area contributed by atoms with E-state index in [-0.39, 0.29) is 5.76 Å². The van der Waals surface area contributed by atoms with Gasteiger partial charge in [0.2, 0.25) is 11.7 Å². The molecule has 3 rings (SSSR count). The summed E-state index contributed by atoms with van der Waals surface area (Å²) in [7, 11) is 0. The molecule has 0 aliphatic rings. The van der Waals surface area contributed by atoms with Crippen molar-refractivity contribution in [3.05, 3.63) is 66.4 Å². The van der Waals surface area contributed by atoms with Crippen LogP contribution in [0.2, 0.25) is 0 Å². The fraction of sp³-hybridized carbons (Fsp3) is 0. The molecule has 1 amide bonds. The van der Waals surface area contributed by atoms with Gasteiger partial charge in [0.25, 0.3) is 5.91 Å². The molecule has 0 fully saturated rings. The van der Waals surface area contributed by atoms with E-state index in [2.05, 4.69) is 4.98 Å². The van der Waals surface area contributed by atoms with Crippen molar-refractivity contribution in [1.29, 1.82) is 0 Å². The SMILES string of the molecule is NC(=O)c1oc(-c2ccccc2)nc1-c1ccccc1. The molecule has 0 aliphatic heterocycles. The summed E-state index contributed by atoms with van der Waals surface area (Å²) < 4.78 is 5.53. The van der Waals surface area contributed by atoms with Gasteiger partial charge in [-0.2, -0.15) is 0 Å².